The third-order valence-electron chi connectivity index (χ3n) is 4.24. The van der Waals surface area contributed by atoms with E-state index in [9.17, 15) is 5.11 Å². The molecule has 0 atom stereocenters. The summed E-state index contributed by atoms with van der Waals surface area (Å²) in [6.45, 7) is 4.68. The van der Waals surface area contributed by atoms with Gasteiger partial charge in [-0.05, 0) is 42.6 Å². The van der Waals surface area contributed by atoms with Crippen LogP contribution in [0.25, 0.3) is 0 Å². The zero-order valence-corrected chi connectivity index (χ0v) is 10.3. The molecule has 1 nitrogen and oxygen atoms in total. The predicted octanol–water partition coefficient (Wildman–Crippen LogP) is 3.52. The highest BCUT2D eigenvalue weighted by molar-refractivity contribution is 5.24. The number of hydrogen-bond acceptors (Lipinski definition) is 1. The molecule has 0 spiro atoms. The van der Waals surface area contributed by atoms with E-state index in [0.717, 1.165) is 25.7 Å². The molecule has 1 aromatic rings. The summed E-state index contributed by atoms with van der Waals surface area (Å²) in [5, 5.41) is 9.56. The Hall–Kier alpha value is -0.820. The highest BCUT2D eigenvalue weighted by Gasteiger charge is 2.33. The Morgan fingerprint density at radius 3 is 2.12 bits per heavy atom. The molecule has 88 valence electrons. The molecule has 1 fully saturated rings. The fourth-order valence-electron chi connectivity index (χ4n) is 2.90. The molecule has 1 N–H and O–H groups in total. The minimum absolute atomic E-state index is 0.0529. The maximum Gasteiger partial charge on any atom is 0.0540 e. The van der Waals surface area contributed by atoms with Gasteiger partial charge in [-0.2, -0.15) is 0 Å². The van der Waals surface area contributed by atoms with Crippen LogP contribution in [0.3, 0.4) is 0 Å². The summed E-state index contributed by atoms with van der Waals surface area (Å²) in [6.07, 6.45) is 4.20. The van der Waals surface area contributed by atoms with Crippen LogP contribution in [0.1, 0.15) is 45.1 Å². The monoisotopic (exact) mass is 218 g/mol. The zero-order chi connectivity index (χ0) is 11.6. The summed E-state index contributed by atoms with van der Waals surface area (Å²) < 4.78 is 0. The first kappa shape index (κ1) is 11.7. The van der Waals surface area contributed by atoms with Crippen molar-refractivity contribution in [2.45, 2.75) is 51.0 Å². The minimum Gasteiger partial charge on any atom is -0.393 e. The molecule has 0 unspecified atom stereocenters. The van der Waals surface area contributed by atoms with Crippen molar-refractivity contribution >= 4 is 0 Å². The van der Waals surface area contributed by atoms with Gasteiger partial charge < -0.3 is 5.11 Å². The lowest BCUT2D eigenvalue weighted by Crippen LogP contribution is -2.33. The van der Waals surface area contributed by atoms with Gasteiger partial charge >= 0.3 is 0 Å². The molecule has 1 heteroatoms. The maximum absolute atomic E-state index is 9.56. The van der Waals surface area contributed by atoms with Gasteiger partial charge in [-0.3, -0.25) is 0 Å². The molecule has 1 aromatic carbocycles. The van der Waals surface area contributed by atoms with E-state index in [4.69, 9.17) is 0 Å². The molecular weight excluding hydrogens is 196 g/mol. The van der Waals surface area contributed by atoms with E-state index in [1.807, 2.05) is 0 Å². The number of aliphatic hydroxyl groups is 1. The number of hydrogen-bond donors (Lipinski definition) is 1. The maximum atomic E-state index is 9.56. The van der Waals surface area contributed by atoms with Crippen molar-refractivity contribution in [2.75, 3.05) is 0 Å². The number of benzene rings is 1. The van der Waals surface area contributed by atoms with Crippen molar-refractivity contribution in [3.8, 4) is 0 Å². The van der Waals surface area contributed by atoms with E-state index in [2.05, 4.69) is 44.2 Å². The lowest BCUT2D eigenvalue weighted by atomic mass is 9.67. The molecular formula is C15H22O. The van der Waals surface area contributed by atoms with Gasteiger partial charge in [0.25, 0.3) is 0 Å². The lowest BCUT2D eigenvalue weighted by Gasteiger charge is -2.38. The van der Waals surface area contributed by atoms with Crippen molar-refractivity contribution in [2.24, 2.45) is 5.92 Å². The summed E-state index contributed by atoms with van der Waals surface area (Å²) in [5.74, 6) is 0.707. The van der Waals surface area contributed by atoms with Crippen molar-refractivity contribution in [1.82, 2.24) is 0 Å². The standard InChI is InChI=1S/C15H22O/c1-15(2,12-6-4-3-5-7-12)13-8-10-14(16)11-9-13/h3-7,13-14,16H,8-11H2,1-2H3. The van der Waals surface area contributed by atoms with Crippen molar-refractivity contribution < 1.29 is 5.11 Å². The van der Waals surface area contributed by atoms with Crippen LogP contribution in [-0.4, -0.2) is 11.2 Å². The normalized spacial score (nSPS) is 26.7. The van der Waals surface area contributed by atoms with Gasteiger partial charge in [0.2, 0.25) is 0 Å². The van der Waals surface area contributed by atoms with Crippen LogP contribution in [0, 0.1) is 5.92 Å². The summed E-state index contributed by atoms with van der Waals surface area (Å²) >= 11 is 0. The van der Waals surface area contributed by atoms with Crippen molar-refractivity contribution in [3.05, 3.63) is 35.9 Å². The van der Waals surface area contributed by atoms with Crippen LogP contribution in [0.4, 0.5) is 0 Å². The smallest absolute Gasteiger partial charge is 0.0540 e. The third-order valence-corrected chi connectivity index (χ3v) is 4.24. The first-order chi connectivity index (χ1) is 7.60. The van der Waals surface area contributed by atoms with Crippen molar-refractivity contribution in [3.63, 3.8) is 0 Å². The van der Waals surface area contributed by atoms with E-state index in [1.165, 1.54) is 5.56 Å². The summed E-state index contributed by atoms with van der Waals surface area (Å²) in [7, 11) is 0. The first-order valence-electron chi connectivity index (χ1n) is 6.34. The summed E-state index contributed by atoms with van der Waals surface area (Å²) in [6, 6.07) is 10.8. The molecule has 0 aliphatic heterocycles. The summed E-state index contributed by atoms with van der Waals surface area (Å²) in [5.41, 5.74) is 1.66. The molecule has 0 amide bonds. The molecule has 1 aliphatic rings. The van der Waals surface area contributed by atoms with Gasteiger partial charge in [-0.15, -0.1) is 0 Å². The van der Waals surface area contributed by atoms with Gasteiger partial charge in [0.1, 0.15) is 0 Å². The van der Waals surface area contributed by atoms with Crippen LogP contribution in [0.2, 0.25) is 0 Å². The molecule has 1 saturated carbocycles. The fraction of sp³-hybridized carbons (Fsp3) is 0.600. The third kappa shape index (κ3) is 2.30. The van der Waals surface area contributed by atoms with Gasteiger partial charge in [-0.1, -0.05) is 44.2 Å². The highest BCUT2D eigenvalue weighted by atomic mass is 16.3. The van der Waals surface area contributed by atoms with Crippen LogP contribution in [0.5, 0.6) is 0 Å². The van der Waals surface area contributed by atoms with Crippen LogP contribution in [-0.2, 0) is 5.41 Å². The van der Waals surface area contributed by atoms with Gasteiger partial charge in [0.05, 0.1) is 6.10 Å². The Morgan fingerprint density at radius 2 is 1.56 bits per heavy atom. The van der Waals surface area contributed by atoms with Gasteiger partial charge in [0.15, 0.2) is 0 Å². The average molecular weight is 218 g/mol. The summed E-state index contributed by atoms with van der Waals surface area (Å²) in [4.78, 5) is 0. The number of aliphatic hydroxyl groups excluding tert-OH is 1. The van der Waals surface area contributed by atoms with Crippen molar-refractivity contribution in [1.29, 1.82) is 0 Å². The van der Waals surface area contributed by atoms with Crippen LogP contribution >= 0.6 is 0 Å². The molecule has 0 radical (unpaired) electrons. The second kappa shape index (κ2) is 4.58. The van der Waals surface area contributed by atoms with Gasteiger partial charge in [0, 0.05) is 0 Å². The Morgan fingerprint density at radius 1 is 1.00 bits per heavy atom. The van der Waals surface area contributed by atoms with Crippen LogP contribution in [0.15, 0.2) is 30.3 Å². The second-order valence-electron chi connectivity index (χ2n) is 5.59. The molecule has 2 rings (SSSR count). The fourth-order valence-corrected chi connectivity index (χ4v) is 2.90. The van der Waals surface area contributed by atoms with Gasteiger partial charge in [-0.25, -0.2) is 0 Å². The Bertz CT molecular complexity index is 321. The highest BCUT2D eigenvalue weighted by Crippen LogP contribution is 2.40. The quantitative estimate of drug-likeness (QED) is 0.805. The van der Waals surface area contributed by atoms with Crippen LogP contribution < -0.4 is 0 Å². The topological polar surface area (TPSA) is 20.2 Å². The van der Waals surface area contributed by atoms with E-state index < -0.39 is 0 Å². The molecule has 0 bridgehead atoms. The Balaban J connectivity index is 2.13. The molecule has 0 heterocycles. The minimum atomic E-state index is -0.0529. The zero-order valence-electron chi connectivity index (χ0n) is 10.3. The SMILES string of the molecule is CC(C)(c1ccccc1)C1CCC(O)CC1. The van der Waals surface area contributed by atoms with E-state index in [0.29, 0.717) is 5.92 Å². The van der Waals surface area contributed by atoms with E-state index in [1.54, 1.807) is 0 Å². The number of rotatable bonds is 2. The Kier molecular flexibility index (Phi) is 3.34. The lowest BCUT2D eigenvalue weighted by molar-refractivity contribution is 0.0881. The van der Waals surface area contributed by atoms with E-state index in [-0.39, 0.29) is 11.5 Å². The molecule has 0 aromatic heterocycles. The molecule has 16 heavy (non-hydrogen) atoms. The predicted molar refractivity (Wildman–Crippen MR) is 67.4 cm³/mol. The Labute approximate surface area is 98.5 Å². The largest absolute Gasteiger partial charge is 0.393 e. The molecule has 0 saturated heterocycles. The molecule has 1 aliphatic carbocycles. The average Bonchev–Trinajstić information content (AvgIpc) is 2.31. The first-order valence-corrected chi connectivity index (χ1v) is 6.34. The second-order valence-corrected chi connectivity index (χ2v) is 5.59. The van der Waals surface area contributed by atoms with E-state index >= 15 is 0 Å².